The van der Waals surface area contributed by atoms with E-state index in [1.54, 1.807) is 37.7 Å². The molecule has 8 nitrogen and oxygen atoms in total. The Morgan fingerprint density at radius 1 is 1.15 bits per heavy atom. The Labute approximate surface area is 194 Å². The lowest BCUT2D eigenvalue weighted by molar-refractivity contribution is -0.132. The van der Waals surface area contributed by atoms with Crippen molar-refractivity contribution in [2.45, 2.75) is 25.7 Å². The summed E-state index contributed by atoms with van der Waals surface area (Å²) in [7, 11) is 1.61. The van der Waals surface area contributed by atoms with E-state index >= 15 is 0 Å². The van der Waals surface area contributed by atoms with Crippen LogP contribution in [-0.4, -0.2) is 66.5 Å². The van der Waals surface area contributed by atoms with E-state index < -0.39 is 5.41 Å². The molecule has 33 heavy (non-hydrogen) atoms. The molecule has 2 amide bonds. The highest BCUT2D eigenvalue weighted by atomic mass is 16.5. The number of nitrogens with one attached hydrogen (secondary N) is 1. The highest BCUT2D eigenvalue weighted by Gasteiger charge is 2.54. The standard InChI is InChI=1S/C25H31N5O3/c1-33-21-8-6-19(7-9-21)22(31)29-13-2-10-25(23(32)28-14-18-4-5-18)17-30(16-20(25)15-29)24-26-11-3-12-27-24/h3,6-9,11-12,18,20H,2,4-5,10,13-17H2,1H3,(H,28,32)/t20-,25-/m0/s1. The van der Waals surface area contributed by atoms with Gasteiger partial charge in [0.25, 0.3) is 5.91 Å². The molecular weight excluding hydrogens is 418 g/mol. The van der Waals surface area contributed by atoms with Gasteiger partial charge in [-0.3, -0.25) is 9.59 Å². The van der Waals surface area contributed by atoms with Gasteiger partial charge in [0, 0.05) is 56.6 Å². The third kappa shape index (κ3) is 4.38. The van der Waals surface area contributed by atoms with Gasteiger partial charge in [0.2, 0.25) is 11.9 Å². The molecule has 1 saturated carbocycles. The number of hydrogen-bond acceptors (Lipinski definition) is 6. The number of ether oxygens (including phenoxy) is 1. The van der Waals surface area contributed by atoms with Gasteiger partial charge in [-0.15, -0.1) is 0 Å². The number of amides is 2. The summed E-state index contributed by atoms with van der Waals surface area (Å²) in [5, 5.41) is 3.24. The van der Waals surface area contributed by atoms with Crippen LogP contribution < -0.4 is 15.0 Å². The van der Waals surface area contributed by atoms with E-state index in [1.807, 2.05) is 17.0 Å². The Balaban J connectivity index is 1.39. The van der Waals surface area contributed by atoms with Crippen molar-refractivity contribution in [3.63, 3.8) is 0 Å². The van der Waals surface area contributed by atoms with E-state index in [0.717, 1.165) is 25.1 Å². The number of fused-ring (bicyclic) bond motifs is 1. The Kier molecular flexibility index (Phi) is 5.91. The van der Waals surface area contributed by atoms with E-state index in [-0.39, 0.29) is 17.7 Å². The number of aromatic nitrogens is 2. The Morgan fingerprint density at radius 3 is 2.61 bits per heavy atom. The minimum atomic E-state index is -0.539. The van der Waals surface area contributed by atoms with Gasteiger partial charge in [0.15, 0.2) is 0 Å². The molecule has 1 aromatic heterocycles. The topological polar surface area (TPSA) is 87.7 Å². The van der Waals surface area contributed by atoms with Crippen LogP contribution in [0.25, 0.3) is 0 Å². The summed E-state index contributed by atoms with van der Waals surface area (Å²) in [4.78, 5) is 39.8. The Bertz CT molecular complexity index is 995. The Morgan fingerprint density at radius 2 is 1.91 bits per heavy atom. The smallest absolute Gasteiger partial charge is 0.253 e. The number of carbonyl (C=O) groups is 2. The van der Waals surface area contributed by atoms with Crippen molar-refractivity contribution in [3.8, 4) is 5.75 Å². The predicted octanol–water partition coefficient (Wildman–Crippen LogP) is 2.37. The number of likely N-dealkylation sites (tertiary alicyclic amines) is 1. The highest BCUT2D eigenvalue weighted by molar-refractivity contribution is 5.94. The van der Waals surface area contributed by atoms with Crippen LogP contribution in [0, 0.1) is 17.3 Å². The number of anilines is 1. The molecule has 0 radical (unpaired) electrons. The maximum absolute atomic E-state index is 13.6. The predicted molar refractivity (Wildman–Crippen MR) is 124 cm³/mol. The Hall–Kier alpha value is -3.16. The van der Waals surface area contributed by atoms with Crippen LogP contribution in [0.15, 0.2) is 42.7 Å². The summed E-state index contributed by atoms with van der Waals surface area (Å²) >= 11 is 0. The van der Waals surface area contributed by atoms with Crippen LogP contribution >= 0.6 is 0 Å². The minimum Gasteiger partial charge on any atom is -0.497 e. The van der Waals surface area contributed by atoms with Crippen LogP contribution in [0.2, 0.25) is 0 Å². The minimum absolute atomic E-state index is 0.00116. The van der Waals surface area contributed by atoms with Crippen molar-refractivity contribution in [2.75, 3.05) is 44.7 Å². The fourth-order valence-electron chi connectivity index (χ4n) is 5.25. The first-order chi connectivity index (χ1) is 16.1. The van der Waals surface area contributed by atoms with Crippen molar-refractivity contribution in [1.29, 1.82) is 0 Å². The summed E-state index contributed by atoms with van der Waals surface area (Å²) < 4.78 is 5.22. The molecule has 1 aliphatic carbocycles. The molecule has 2 aromatic rings. The molecule has 2 aliphatic heterocycles. The molecular formula is C25H31N5O3. The van der Waals surface area contributed by atoms with Gasteiger partial charge in [-0.1, -0.05) is 0 Å². The zero-order valence-electron chi connectivity index (χ0n) is 19.1. The van der Waals surface area contributed by atoms with Crippen molar-refractivity contribution >= 4 is 17.8 Å². The normalized spacial score (nSPS) is 24.7. The van der Waals surface area contributed by atoms with Gasteiger partial charge in [0.05, 0.1) is 12.5 Å². The fraction of sp³-hybridized carbons (Fsp3) is 0.520. The van der Waals surface area contributed by atoms with Gasteiger partial charge in [-0.05, 0) is 61.9 Å². The van der Waals surface area contributed by atoms with Crippen LogP contribution in [-0.2, 0) is 4.79 Å². The second-order valence-electron chi connectivity index (χ2n) is 9.52. The second kappa shape index (κ2) is 9.00. The maximum atomic E-state index is 13.6. The fourth-order valence-corrected chi connectivity index (χ4v) is 5.25. The molecule has 8 heteroatoms. The van der Waals surface area contributed by atoms with E-state index in [0.29, 0.717) is 43.6 Å². The highest BCUT2D eigenvalue weighted by Crippen LogP contribution is 2.44. The van der Waals surface area contributed by atoms with Crippen LogP contribution in [0.3, 0.4) is 0 Å². The lowest BCUT2D eigenvalue weighted by Gasteiger charge is -2.32. The molecule has 174 valence electrons. The summed E-state index contributed by atoms with van der Waals surface area (Å²) in [5.74, 6) is 2.14. The molecule has 0 spiro atoms. The van der Waals surface area contributed by atoms with Crippen LogP contribution in [0.5, 0.6) is 5.75 Å². The first-order valence-corrected chi connectivity index (χ1v) is 11.8. The van der Waals surface area contributed by atoms with E-state index in [1.165, 1.54) is 12.8 Å². The molecule has 5 rings (SSSR count). The quantitative estimate of drug-likeness (QED) is 0.729. The number of rotatable bonds is 6. The molecule has 3 fully saturated rings. The molecule has 1 aromatic carbocycles. The van der Waals surface area contributed by atoms with Crippen molar-refractivity contribution in [3.05, 3.63) is 48.3 Å². The molecule has 2 saturated heterocycles. The molecule has 3 heterocycles. The van der Waals surface area contributed by atoms with E-state index in [9.17, 15) is 9.59 Å². The number of nitrogens with zero attached hydrogens (tertiary/aromatic N) is 4. The van der Waals surface area contributed by atoms with Crippen molar-refractivity contribution < 1.29 is 14.3 Å². The average molecular weight is 450 g/mol. The van der Waals surface area contributed by atoms with Crippen LogP contribution in [0.4, 0.5) is 5.95 Å². The zero-order chi connectivity index (χ0) is 22.8. The molecule has 2 atom stereocenters. The number of hydrogen-bond donors (Lipinski definition) is 1. The van der Waals surface area contributed by atoms with Gasteiger partial charge in [-0.25, -0.2) is 9.97 Å². The summed E-state index contributed by atoms with van der Waals surface area (Å²) in [5.41, 5.74) is 0.103. The largest absolute Gasteiger partial charge is 0.497 e. The zero-order valence-corrected chi connectivity index (χ0v) is 19.1. The lowest BCUT2D eigenvalue weighted by atomic mass is 9.74. The molecule has 0 bridgehead atoms. The first kappa shape index (κ1) is 21.7. The number of carbonyl (C=O) groups excluding carboxylic acids is 2. The second-order valence-corrected chi connectivity index (χ2v) is 9.52. The monoisotopic (exact) mass is 449 g/mol. The lowest BCUT2D eigenvalue weighted by Crippen LogP contribution is -2.48. The van der Waals surface area contributed by atoms with Gasteiger partial charge in [-0.2, -0.15) is 0 Å². The number of methoxy groups -OCH3 is 1. The average Bonchev–Trinajstić information content (AvgIpc) is 3.65. The third-order valence-electron chi connectivity index (χ3n) is 7.35. The third-order valence-corrected chi connectivity index (χ3v) is 7.35. The van der Waals surface area contributed by atoms with Crippen molar-refractivity contribution in [2.24, 2.45) is 17.3 Å². The van der Waals surface area contributed by atoms with Crippen LogP contribution in [0.1, 0.15) is 36.0 Å². The first-order valence-electron chi connectivity index (χ1n) is 11.8. The molecule has 0 unspecified atom stereocenters. The van der Waals surface area contributed by atoms with Gasteiger partial charge >= 0.3 is 0 Å². The summed E-state index contributed by atoms with van der Waals surface area (Å²) in [6.07, 6.45) is 7.41. The molecule has 3 aliphatic rings. The van der Waals surface area contributed by atoms with E-state index in [2.05, 4.69) is 20.2 Å². The van der Waals surface area contributed by atoms with Gasteiger partial charge < -0.3 is 19.9 Å². The maximum Gasteiger partial charge on any atom is 0.253 e. The van der Waals surface area contributed by atoms with E-state index in [4.69, 9.17) is 4.74 Å². The SMILES string of the molecule is COc1ccc(C(=O)N2CCC[C@]3(C(=O)NCC4CC4)CN(c4ncccn4)C[C@@H]3C2)cc1. The summed E-state index contributed by atoms with van der Waals surface area (Å²) in [6, 6.07) is 9.03. The number of benzene rings is 1. The van der Waals surface area contributed by atoms with Crippen molar-refractivity contribution in [1.82, 2.24) is 20.2 Å². The summed E-state index contributed by atoms with van der Waals surface area (Å²) in [6.45, 7) is 3.20. The molecule has 1 N–H and O–H groups in total. The van der Waals surface area contributed by atoms with Gasteiger partial charge in [0.1, 0.15) is 5.75 Å².